The van der Waals surface area contributed by atoms with Crippen molar-refractivity contribution in [1.29, 1.82) is 0 Å². The fourth-order valence-corrected chi connectivity index (χ4v) is 3.26. The van der Waals surface area contributed by atoms with Crippen LogP contribution in [-0.4, -0.2) is 0 Å². The average Bonchev–Trinajstić information content (AvgIpc) is 2.88. The van der Waals surface area contributed by atoms with Crippen LogP contribution in [0, 0.1) is 0 Å². The molecule has 0 spiro atoms. The van der Waals surface area contributed by atoms with Crippen molar-refractivity contribution in [3.8, 4) is 11.1 Å². The lowest BCUT2D eigenvalue weighted by Crippen LogP contribution is -1.80. The van der Waals surface area contributed by atoms with Crippen LogP contribution in [0.1, 0.15) is 0 Å². The zero-order valence-corrected chi connectivity index (χ0v) is 13.3. The standard InChI is InChI=1S/C18H10BrClO/c19-15-8-7-13(11-4-2-1-3-5-11)17-14-10-12(20)6-9-16(14)21-18(15)17/h1-10H. The van der Waals surface area contributed by atoms with Gasteiger partial charge in [0, 0.05) is 15.8 Å². The van der Waals surface area contributed by atoms with Crippen molar-refractivity contribution >= 4 is 49.5 Å². The predicted octanol–water partition coefficient (Wildman–Crippen LogP) is 6.67. The molecule has 0 saturated heterocycles. The second-order valence-corrected chi connectivity index (χ2v) is 6.20. The summed E-state index contributed by atoms with van der Waals surface area (Å²) in [6, 6.07) is 20.2. The van der Waals surface area contributed by atoms with Gasteiger partial charge in [0.2, 0.25) is 0 Å². The van der Waals surface area contributed by atoms with E-state index >= 15 is 0 Å². The number of rotatable bonds is 1. The van der Waals surface area contributed by atoms with Crippen molar-refractivity contribution in [3.63, 3.8) is 0 Å². The number of hydrogen-bond acceptors (Lipinski definition) is 1. The molecule has 0 bridgehead atoms. The smallest absolute Gasteiger partial charge is 0.150 e. The maximum atomic E-state index is 6.16. The molecular weight excluding hydrogens is 348 g/mol. The lowest BCUT2D eigenvalue weighted by molar-refractivity contribution is 0.667. The van der Waals surface area contributed by atoms with E-state index in [-0.39, 0.29) is 0 Å². The fraction of sp³-hybridized carbons (Fsp3) is 0. The average molecular weight is 358 g/mol. The number of fused-ring (bicyclic) bond motifs is 3. The molecule has 0 aliphatic rings. The first-order chi connectivity index (χ1) is 10.2. The SMILES string of the molecule is Clc1ccc2oc3c(Br)ccc(-c4ccccc4)c3c2c1. The molecule has 21 heavy (non-hydrogen) atoms. The number of hydrogen-bond donors (Lipinski definition) is 0. The third kappa shape index (κ3) is 2.06. The van der Waals surface area contributed by atoms with Crippen molar-refractivity contribution in [2.24, 2.45) is 0 Å². The van der Waals surface area contributed by atoms with Crippen LogP contribution in [0.25, 0.3) is 33.1 Å². The minimum atomic E-state index is 0.712. The van der Waals surface area contributed by atoms with E-state index in [0.717, 1.165) is 37.5 Å². The molecule has 0 saturated carbocycles. The first kappa shape index (κ1) is 12.9. The molecule has 1 aromatic heterocycles. The molecule has 0 amide bonds. The second-order valence-electron chi connectivity index (χ2n) is 4.91. The van der Waals surface area contributed by atoms with Crippen LogP contribution in [-0.2, 0) is 0 Å². The van der Waals surface area contributed by atoms with Crippen LogP contribution in [0.2, 0.25) is 5.02 Å². The molecular formula is C18H10BrClO. The number of halogens is 2. The largest absolute Gasteiger partial charge is 0.455 e. The van der Waals surface area contributed by atoms with E-state index < -0.39 is 0 Å². The van der Waals surface area contributed by atoms with Crippen LogP contribution < -0.4 is 0 Å². The molecule has 0 fully saturated rings. The third-order valence-electron chi connectivity index (χ3n) is 3.62. The second kappa shape index (κ2) is 4.90. The minimum absolute atomic E-state index is 0.712. The van der Waals surface area contributed by atoms with Crippen molar-refractivity contribution in [3.05, 3.63) is 70.2 Å². The summed E-state index contributed by atoms with van der Waals surface area (Å²) in [4.78, 5) is 0. The monoisotopic (exact) mass is 356 g/mol. The van der Waals surface area contributed by atoms with E-state index in [9.17, 15) is 0 Å². The highest BCUT2D eigenvalue weighted by molar-refractivity contribution is 9.10. The first-order valence-corrected chi connectivity index (χ1v) is 7.77. The van der Waals surface area contributed by atoms with Gasteiger partial charge < -0.3 is 4.42 Å². The number of furan rings is 1. The Morgan fingerprint density at radius 3 is 2.52 bits per heavy atom. The maximum Gasteiger partial charge on any atom is 0.150 e. The zero-order chi connectivity index (χ0) is 14.4. The van der Waals surface area contributed by atoms with Crippen molar-refractivity contribution in [1.82, 2.24) is 0 Å². The van der Waals surface area contributed by atoms with Gasteiger partial charge in [0.05, 0.1) is 4.47 Å². The Balaban J connectivity index is 2.19. The Morgan fingerprint density at radius 2 is 1.71 bits per heavy atom. The quantitative estimate of drug-likeness (QED) is 0.371. The minimum Gasteiger partial charge on any atom is -0.455 e. The van der Waals surface area contributed by atoms with Gasteiger partial charge in [-0.1, -0.05) is 48.0 Å². The maximum absolute atomic E-state index is 6.16. The molecule has 0 aliphatic heterocycles. The summed E-state index contributed by atoms with van der Waals surface area (Å²) < 4.78 is 6.94. The Morgan fingerprint density at radius 1 is 0.905 bits per heavy atom. The van der Waals surface area contributed by atoms with Crippen LogP contribution in [0.5, 0.6) is 0 Å². The summed E-state index contributed by atoms with van der Waals surface area (Å²) in [6.07, 6.45) is 0. The predicted molar refractivity (Wildman–Crippen MR) is 91.9 cm³/mol. The summed E-state index contributed by atoms with van der Waals surface area (Å²) in [5.74, 6) is 0. The molecule has 0 atom stereocenters. The lowest BCUT2D eigenvalue weighted by atomic mass is 10.00. The number of benzene rings is 3. The molecule has 0 radical (unpaired) electrons. The Labute approximate surface area is 135 Å². The van der Waals surface area contributed by atoms with Crippen LogP contribution in [0.15, 0.2) is 69.6 Å². The molecule has 1 nitrogen and oxygen atoms in total. The van der Waals surface area contributed by atoms with Gasteiger partial charge in [0.25, 0.3) is 0 Å². The highest BCUT2D eigenvalue weighted by atomic mass is 79.9. The highest BCUT2D eigenvalue weighted by Crippen LogP contribution is 2.40. The van der Waals surface area contributed by atoms with Gasteiger partial charge in [-0.15, -0.1) is 0 Å². The fourth-order valence-electron chi connectivity index (χ4n) is 2.68. The van der Waals surface area contributed by atoms with Crippen molar-refractivity contribution in [2.75, 3.05) is 0 Å². The van der Waals surface area contributed by atoms with Crippen molar-refractivity contribution in [2.45, 2.75) is 0 Å². The Hall–Kier alpha value is -1.77. The Kier molecular flexibility index (Phi) is 3.02. The van der Waals surface area contributed by atoms with Gasteiger partial charge >= 0.3 is 0 Å². The lowest BCUT2D eigenvalue weighted by Gasteiger charge is -2.04. The van der Waals surface area contributed by atoms with Crippen LogP contribution >= 0.6 is 27.5 Å². The summed E-state index contributed by atoms with van der Waals surface area (Å²) >= 11 is 9.73. The van der Waals surface area contributed by atoms with Gasteiger partial charge in [-0.05, 0) is 51.3 Å². The van der Waals surface area contributed by atoms with Gasteiger partial charge in [-0.2, -0.15) is 0 Å². The summed E-state index contributed by atoms with van der Waals surface area (Å²) in [7, 11) is 0. The van der Waals surface area contributed by atoms with E-state index in [0.29, 0.717) is 5.02 Å². The van der Waals surface area contributed by atoms with E-state index in [2.05, 4.69) is 34.1 Å². The molecule has 3 heteroatoms. The highest BCUT2D eigenvalue weighted by Gasteiger charge is 2.15. The zero-order valence-electron chi connectivity index (χ0n) is 10.9. The first-order valence-electron chi connectivity index (χ1n) is 6.60. The van der Waals surface area contributed by atoms with Crippen LogP contribution in [0.3, 0.4) is 0 Å². The molecule has 0 N–H and O–H groups in total. The summed E-state index contributed by atoms with van der Waals surface area (Å²) in [5.41, 5.74) is 4.01. The molecule has 0 aliphatic carbocycles. The molecule has 102 valence electrons. The molecule has 0 unspecified atom stereocenters. The topological polar surface area (TPSA) is 13.1 Å². The normalized spacial score (nSPS) is 11.3. The summed E-state index contributed by atoms with van der Waals surface area (Å²) in [6.45, 7) is 0. The van der Waals surface area contributed by atoms with E-state index in [1.807, 2.05) is 42.5 Å². The van der Waals surface area contributed by atoms with Crippen LogP contribution in [0.4, 0.5) is 0 Å². The Bertz CT molecular complexity index is 957. The molecule has 3 aromatic carbocycles. The molecule has 4 rings (SSSR count). The van der Waals surface area contributed by atoms with E-state index in [1.54, 1.807) is 0 Å². The van der Waals surface area contributed by atoms with Gasteiger partial charge in [0.1, 0.15) is 11.2 Å². The van der Waals surface area contributed by atoms with Gasteiger partial charge in [0.15, 0.2) is 0 Å². The van der Waals surface area contributed by atoms with Gasteiger partial charge in [-0.3, -0.25) is 0 Å². The van der Waals surface area contributed by atoms with E-state index in [1.165, 1.54) is 0 Å². The van der Waals surface area contributed by atoms with Crippen molar-refractivity contribution < 1.29 is 4.42 Å². The molecule has 1 heterocycles. The van der Waals surface area contributed by atoms with Gasteiger partial charge in [-0.25, -0.2) is 0 Å². The summed E-state index contributed by atoms with van der Waals surface area (Å²) in [5, 5.41) is 2.84. The third-order valence-corrected chi connectivity index (χ3v) is 4.48. The van der Waals surface area contributed by atoms with E-state index in [4.69, 9.17) is 16.0 Å². The molecule has 4 aromatic rings.